The van der Waals surface area contributed by atoms with Crippen LogP contribution in [0.25, 0.3) is 10.1 Å². The molecule has 0 fully saturated rings. The van der Waals surface area contributed by atoms with Crippen LogP contribution in [0.15, 0.2) is 61.2 Å². The van der Waals surface area contributed by atoms with Crippen molar-refractivity contribution in [1.82, 2.24) is 5.32 Å². The summed E-state index contributed by atoms with van der Waals surface area (Å²) >= 11 is 7.67. The summed E-state index contributed by atoms with van der Waals surface area (Å²) in [5.74, 6) is -0.617. The predicted octanol–water partition coefficient (Wildman–Crippen LogP) is 4.72. The van der Waals surface area contributed by atoms with Gasteiger partial charge in [0.2, 0.25) is 0 Å². The quantitative estimate of drug-likeness (QED) is 0.638. The normalized spacial score (nSPS) is 10.4. The Bertz CT molecular complexity index is 965. The lowest BCUT2D eigenvalue weighted by Crippen LogP contribution is -2.25. The van der Waals surface area contributed by atoms with Crippen LogP contribution < -0.4 is 10.6 Å². The van der Waals surface area contributed by atoms with E-state index in [0.717, 1.165) is 10.1 Å². The molecule has 0 spiro atoms. The Morgan fingerprint density at radius 2 is 1.80 bits per heavy atom. The molecule has 2 amide bonds. The zero-order chi connectivity index (χ0) is 17.8. The summed E-state index contributed by atoms with van der Waals surface area (Å²) in [5, 5.41) is 6.76. The van der Waals surface area contributed by atoms with E-state index >= 15 is 0 Å². The molecule has 1 aromatic heterocycles. The first-order chi connectivity index (χ1) is 12.1. The van der Waals surface area contributed by atoms with Crippen LogP contribution in [-0.4, -0.2) is 18.4 Å². The van der Waals surface area contributed by atoms with E-state index in [2.05, 4.69) is 17.2 Å². The molecule has 0 atom stereocenters. The van der Waals surface area contributed by atoms with Gasteiger partial charge < -0.3 is 10.6 Å². The molecule has 2 aromatic carbocycles. The minimum Gasteiger partial charge on any atom is -0.349 e. The van der Waals surface area contributed by atoms with Gasteiger partial charge in [-0.2, -0.15) is 0 Å². The number of rotatable bonds is 5. The summed E-state index contributed by atoms with van der Waals surface area (Å²) in [4.78, 5) is 25.3. The topological polar surface area (TPSA) is 58.2 Å². The number of benzene rings is 2. The highest BCUT2D eigenvalue weighted by atomic mass is 35.5. The first-order valence-electron chi connectivity index (χ1n) is 7.58. The Balaban J connectivity index is 1.89. The van der Waals surface area contributed by atoms with E-state index in [1.165, 1.54) is 11.3 Å². The SMILES string of the molecule is C=CCNC(=O)c1ccccc1NC(=O)c1sc2ccccc2c1Cl. The van der Waals surface area contributed by atoms with Crippen molar-refractivity contribution in [2.24, 2.45) is 0 Å². The summed E-state index contributed by atoms with van der Waals surface area (Å²) in [6, 6.07) is 14.4. The Labute approximate surface area is 154 Å². The highest BCUT2D eigenvalue weighted by Crippen LogP contribution is 2.35. The molecule has 25 heavy (non-hydrogen) atoms. The van der Waals surface area contributed by atoms with Gasteiger partial charge in [0.25, 0.3) is 11.8 Å². The minimum atomic E-state index is -0.338. The van der Waals surface area contributed by atoms with Crippen molar-refractivity contribution in [2.45, 2.75) is 0 Å². The number of carbonyl (C=O) groups excluding carboxylic acids is 2. The van der Waals surface area contributed by atoms with Crippen molar-refractivity contribution in [3.8, 4) is 0 Å². The second kappa shape index (κ2) is 7.51. The predicted molar refractivity (Wildman–Crippen MR) is 104 cm³/mol. The number of amides is 2. The van der Waals surface area contributed by atoms with Gasteiger partial charge in [0.15, 0.2) is 0 Å². The smallest absolute Gasteiger partial charge is 0.267 e. The van der Waals surface area contributed by atoms with E-state index in [9.17, 15) is 9.59 Å². The van der Waals surface area contributed by atoms with Crippen LogP contribution in [0.2, 0.25) is 5.02 Å². The monoisotopic (exact) mass is 370 g/mol. The number of hydrogen-bond acceptors (Lipinski definition) is 3. The van der Waals surface area contributed by atoms with Crippen molar-refractivity contribution < 1.29 is 9.59 Å². The van der Waals surface area contributed by atoms with Gasteiger partial charge in [-0.3, -0.25) is 9.59 Å². The molecule has 0 aliphatic rings. The van der Waals surface area contributed by atoms with Gasteiger partial charge >= 0.3 is 0 Å². The fraction of sp³-hybridized carbons (Fsp3) is 0.0526. The molecule has 2 N–H and O–H groups in total. The van der Waals surface area contributed by atoms with E-state index in [4.69, 9.17) is 11.6 Å². The zero-order valence-corrected chi connectivity index (χ0v) is 14.8. The van der Waals surface area contributed by atoms with E-state index < -0.39 is 0 Å². The molecule has 0 bridgehead atoms. The average Bonchev–Trinajstić information content (AvgIpc) is 2.97. The van der Waals surface area contributed by atoms with Crippen LogP contribution in [0.4, 0.5) is 5.69 Å². The molecular formula is C19H15ClN2O2S. The first-order valence-corrected chi connectivity index (χ1v) is 8.77. The van der Waals surface area contributed by atoms with Gasteiger partial charge in [-0.15, -0.1) is 17.9 Å². The number of hydrogen-bond donors (Lipinski definition) is 2. The number of fused-ring (bicyclic) bond motifs is 1. The third-order valence-electron chi connectivity index (χ3n) is 3.57. The molecule has 0 aliphatic carbocycles. The van der Waals surface area contributed by atoms with Crippen molar-refractivity contribution in [3.05, 3.63) is 76.6 Å². The molecule has 126 valence electrons. The lowest BCUT2D eigenvalue weighted by atomic mass is 10.1. The van der Waals surface area contributed by atoms with Crippen molar-refractivity contribution >= 4 is 50.5 Å². The Hall–Kier alpha value is -2.63. The van der Waals surface area contributed by atoms with E-state index in [1.807, 2.05) is 24.3 Å². The molecule has 4 nitrogen and oxygen atoms in total. The van der Waals surface area contributed by atoms with E-state index in [0.29, 0.717) is 27.7 Å². The van der Waals surface area contributed by atoms with Gasteiger partial charge in [-0.1, -0.05) is 48.0 Å². The van der Waals surface area contributed by atoms with Gasteiger partial charge in [0.1, 0.15) is 4.88 Å². The highest BCUT2D eigenvalue weighted by Gasteiger charge is 2.19. The number of carbonyl (C=O) groups is 2. The molecule has 3 aromatic rings. The maximum atomic E-state index is 12.7. The van der Waals surface area contributed by atoms with Gasteiger partial charge in [-0.05, 0) is 18.2 Å². The molecule has 0 unspecified atom stereocenters. The first kappa shape index (κ1) is 17.2. The number of halogens is 1. The van der Waals surface area contributed by atoms with Crippen LogP contribution in [0, 0.1) is 0 Å². The van der Waals surface area contributed by atoms with Crippen molar-refractivity contribution in [3.63, 3.8) is 0 Å². The highest BCUT2D eigenvalue weighted by molar-refractivity contribution is 7.21. The third-order valence-corrected chi connectivity index (χ3v) is 5.24. The van der Waals surface area contributed by atoms with Gasteiger partial charge in [0.05, 0.1) is 16.3 Å². The van der Waals surface area contributed by atoms with Gasteiger partial charge in [-0.25, -0.2) is 0 Å². The van der Waals surface area contributed by atoms with Crippen LogP contribution in [0.1, 0.15) is 20.0 Å². The number of nitrogens with one attached hydrogen (secondary N) is 2. The molecule has 1 heterocycles. The fourth-order valence-corrected chi connectivity index (χ4v) is 3.80. The lowest BCUT2D eigenvalue weighted by Gasteiger charge is -2.10. The van der Waals surface area contributed by atoms with Crippen LogP contribution in [-0.2, 0) is 0 Å². The van der Waals surface area contributed by atoms with Crippen LogP contribution >= 0.6 is 22.9 Å². The largest absolute Gasteiger partial charge is 0.349 e. The molecule has 0 radical (unpaired) electrons. The maximum Gasteiger partial charge on any atom is 0.267 e. The third kappa shape index (κ3) is 3.57. The van der Waals surface area contributed by atoms with E-state index in [-0.39, 0.29) is 11.8 Å². The van der Waals surface area contributed by atoms with Crippen LogP contribution in [0.3, 0.4) is 0 Å². The molecule has 0 saturated carbocycles. The van der Waals surface area contributed by atoms with Gasteiger partial charge in [0, 0.05) is 16.6 Å². The summed E-state index contributed by atoms with van der Waals surface area (Å²) < 4.78 is 0.940. The molecule has 6 heteroatoms. The summed E-state index contributed by atoms with van der Waals surface area (Å²) in [6.45, 7) is 3.92. The fourth-order valence-electron chi connectivity index (χ4n) is 2.39. The molecule has 0 saturated heterocycles. The molecule has 3 rings (SSSR count). The van der Waals surface area contributed by atoms with Crippen molar-refractivity contribution in [1.29, 1.82) is 0 Å². The molecular weight excluding hydrogens is 356 g/mol. The number of thiophene rings is 1. The second-order valence-corrected chi connectivity index (χ2v) is 6.67. The second-order valence-electron chi connectivity index (χ2n) is 5.24. The summed E-state index contributed by atoms with van der Waals surface area (Å²) in [5.41, 5.74) is 0.817. The van der Waals surface area contributed by atoms with Crippen molar-refractivity contribution in [2.75, 3.05) is 11.9 Å². The standard InChI is InChI=1S/C19H15ClN2O2S/c1-2-11-21-18(23)12-7-3-5-9-14(12)22-19(24)17-16(20)13-8-4-6-10-15(13)25-17/h2-10H,1,11H2,(H,21,23)(H,22,24). The number of para-hydroxylation sites is 1. The Kier molecular flexibility index (Phi) is 5.16. The Morgan fingerprint density at radius 1 is 1.08 bits per heavy atom. The summed E-state index contributed by atoms with van der Waals surface area (Å²) in [6.07, 6.45) is 1.59. The number of anilines is 1. The van der Waals surface area contributed by atoms with E-state index in [1.54, 1.807) is 30.3 Å². The average molecular weight is 371 g/mol. The lowest BCUT2D eigenvalue weighted by molar-refractivity contribution is 0.0959. The summed E-state index contributed by atoms with van der Waals surface area (Å²) in [7, 11) is 0. The minimum absolute atomic E-state index is 0.279. The Morgan fingerprint density at radius 3 is 2.56 bits per heavy atom. The van der Waals surface area contributed by atoms with Crippen LogP contribution in [0.5, 0.6) is 0 Å². The molecule has 0 aliphatic heterocycles. The zero-order valence-electron chi connectivity index (χ0n) is 13.2. The maximum absolute atomic E-state index is 12.7.